The van der Waals surface area contributed by atoms with Gasteiger partial charge in [0.05, 0.1) is 25.5 Å². The number of hydrogen-bond donors (Lipinski definition) is 1. The fourth-order valence-corrected chi connectivity index (χ4v) is 5.73. The Balaban J connectivity index is 1.72. The molecule has 0 spiro atoms. The molecule has 0 radical (unpaired) electrons. The zero-order valence-electron chi connectivity index (χ0n) is 21.8. The lowest BCUT2D eigenvalue weighted by atomic mass is 10.1. The molecule has 1 amide bonds. The topological polar surface area (TPSA) is 122 Å². The summed E-state index contributed by atoms with van der Waals surface area (Å²) >= 11 is 2.17. The smallest absolute Gasteiger partial charge is 0.348 e. The average Bonchev–Trinajstić information content (AvgIpc) is 3.41. The molecule has 10 nitrogen and oxygen atoms in total. The van der Waals surface area contributed by atoms with Crippen LogP contribution in [0.1, 0.15) is 62.5 Å². The number of ether oxygens (including phenoxy) is 3. The minimum absolute atomic E-state index is 0.00949. The molecule has 0 bridgehead atoms. The molecular weight excluding hydrogens is 516 g/mol. The van der Waals surface area contributed by atoms with Gasteiger partial charge in [-0.3, -0.25) is 4.79 Å². The Morgan fingerprint density at radius 3 is 2.30 bits per heavy atom. The SMILES string of the molecule is CCn1c(SCC(=O)Nc2sc(C(=O)OC)c(C)c2C(=O)OC)nnc1C(C)Oc1cc(C)cc(C)c1. The number of methoxy groups -OCH3 is 2. The van der Waals surface area contributed by atoms with Gasteiger partial charge in [-0.2, -0.15) is 0 Å². The summed E-state index contributed by atoms with van der Waals surface area (Å²) in [6, 6.07) is 6.01. The van der Waals surface area contributed by atoms with Crippen LogP contribution in [0.25, 0.3) is 0 Å². The van der Waals surface area contributed by atoms with Crippen molar-refractivity contribution < 1.29 is 28.6 Å². The van der Waals surface area contributed by atoms with E-state index in [1.807, 2.05) is 44.4 Å². The highest BCUT2D eigenvalue weighted by atomic mass is 32.2. The van der Waals surface area contributed by atoms with Crippen LogP contribution in [0, 0.1) is 20.8 Å². The van der Waals surface area contributed by atoms with Gasteiger partial charge in [0.2, 0.25) is 5.91 Å². The van der Waals surface area contributed by atoms with Crippen molar-refractivity contribution in [1.29, 1.82) is 0 Å². The number of carbonyl (C=O) groups excluding carboxylic acids is 3. The van der Waals surface area contributed by atoms with Gasteiger partial charge in [-0.25, -0.2) is 9.59 Å². The Bertz CT molecular complexity index is 1300. The van der Waals surface area contributed by atoms with E-state index in [0.29, 0.717) is 23.1 Å². The number of aromatic nitrogens is 3. The van der Waals surface area contributed by atoms with E-state index in [1.165, 1.54) is 26.0 Å². The minimum atomic E-state index is -0.653. The fourth-order valence-electron chi connectivity index (χ4n) is 3.79. The lowest BCUT2D eigenvalue weighted by molar-refractivity contribution is -0.113. The van der Waals surface area contributed by atoms with Crippen LogP contribution in [0.5, 0.6) is 5.75 Å². The second-order valence-electron chi connectivity index (χ2n) is 8.25. The zero-order valence-corrected chi connectivity index (χ0v) is 23.5. The zero-order chi connectivity index (χ0) is 27.3. The molecule has 1 atom stereocenters. The van der Waals surface area contributed by atoms with Gasteiger partial charge in [-0.05, 0) is 63.4 Å². The van der Waals surface area contributed by atoms with Crippen molar-refractivity contribution in [1.82, 2.24) is 14.8 Å². The van der Waals surface area contributed by atoms with Crippen LogP contribution in [0.15, 0.2) is 23.4 Å². The summed E-state index contributed by atoms with van der Waals surface area (Å²) in [5.74, 6) is -0.213. The van der Waals surface area contributed by atoms with Crippen molar-refractivity contribution in [2.75, 3.05) is 25.3 Å². The third-order valence-electron chi connectivity index (χ3n) is 5.43. The van der Waals surface area contributed by atoms with Gasteiger partial charge in [0.25, 0.3) is 0 Å². The van der Waals surface area contributed by atoms with E-state index in [0.717, 1.165) is 28.2 Å². The molecule has 37 heavy (non-hydrogen) atoms. The molecule has 0 saturated heterocycles. The highest BCUT2D eigenvalue weighted by Gasteiger charge is 2.27. The number of benzene rings is 1. The first-order chi connectivity index (χ1) is 17.6. The standard InChI is InChI=1S/C25H30N4O6S2/c1-8-29-21(16(5)35-17-10-13(2)9-14(3)11-17)27-28-25(29)36-12-18(30)26-22-19(23(31)33-6)15(4)20(37-22)24(32)34-7/h9-11,16H,8,12H2,1-7H3,(H,26,30). The lowest BCUT2D eigenvalue weighted by Crippen LogP contribution is -2.17. The Labute approximate surface area is 223 Å². The summed E-state index contributed by atoms with van der Waals surface area (Å²) in [7, 11) is 2.48. The normalized spacial score (nSPS) is 11.6. The van der Waals surface area contributed by atoms with E-state index >= 15 is 0 Å². The Morgan fingerprint density at radius 2 is 1.70 bits per heavy atom. The molecular formula is C25H30N4O6S2. The van der Waals surface area contributed by atoms with Gasteiger partial charge in [-0.15, -0.1) is 21.5 Å². The second-order valence-corrected chi connectivity index (χ2v) is 10.2. The number of thiophene rings is 1. The summed E-state index contributed by atoms with van der Waals surface area (Å²) in [5.41, 5.74) is 2.73. The van der Waals surface area contributed by atoms with E-state index in [-0.39, 0.29) is 33.2 Å². The molecule has 3 aromatic rings. The summed E-state index contributed by atoms with van der Waals surface area (Å²) in [6.45, 7) is 10.1. The number of nitrogens with one attached hydrogen (secondary N) is 1. The van der Waals surface area contributed by atoms with E-state index in [4.69, 9.17) is 14.2 Å². The lowest BCUT2D eigenvalue weighted by Gasteiger charge is -2.16. The number of nitrogens with zero attached hydrogens (tertiary/aromatic N) is 3. The van der Waals surface area contributed by atoms with Crippen molar-refractivity contribution in [2.45, 2.75) is 52.4 Å². The number of anilines is 1. The number of thioether (sulfide) groups is 1. The molecule has 0 saturated carbocycles. The largest absolute Gasteiger partial charge is 0.483 e. The van der Waals surface area contributed by atoms with Crippen molar-refractivity contribution in [3.05, 3.63) is 51.2 Å². The predicted molar refractivity (Wildman–Crippen MR) is 142 cm³/mol. The minimum Gasteiger partial charge on any atom is -0.483 e. The first kappa shape index (κ1) is 28.2. The van der Waals surface area contributed by atoms with E-state index in [1.54, 1.807) is 6.92 Å². The van der Waals surface area contributed by atoms with Crippen LogP contribution in [0.3, 0.4) is 0 Å². The Hall–Kier alpha value is -3.38. The summed E-state index contributed by atoms with van der Waals surface area (Å²) in [5, 5.41) is 12.1. The molecule has 1 aromatic carbocycles. The Kier molecular flexibility index (Phi) is 9.33. The van der Waals surface area contributed by atoms with Crippen LogP contribution < -0.4 is 10.1 Å². The Morgan fingerprint density at radius 1 is 1.05 bits per heavy atom. The molecule has 2 heterocycles. The molecule has 3 rings (SSSR count). The maximum Gasteiger partial charge on any atom is 0.348 e. The van der Waals surface area contributed by atoms with E-state index in [2.05, 4.69) is 21.6 Å². The first-order valence-corrected chi connectivity index (χ1v) is 13.3. The van der Waals surface area contributed by atoms with Crippen molar-refractivity contribution in [3.63, 3.8) is 0 Å². The van der Waals surface area contributed by atoms with E-state index in [9.17, 15) is 14.4 Å². The van der Waals surface area contributed by atoms with Crippen LogP contribution in [0.2, 0.25) is 0 Å². The summed E-state index contributed by atoms with van der Waals surface area (Å²) in [6.07, 6.45) is -0.356. The number of amides is 1. The molecule has 0 aliphatic carbocycles. The molecule has 12 heteroatoms. The highest BCUT2D eigenvalue weighted by Crippen LogP contribution is 2.34. The van der Waals surface area contributed by atoms with Gasteiger partial charge < -0.3 is 24.1 Å². The van der Waals surface area contributed by atoms with E-state index < -0.39 is 11.9 Å². The molecule has 1 N–H and O–H groups in total. The average molecular weight is 547 g/mol. The predicted octanol–water partition coefficient (Wildman–Crippen LogP) is 4.73. The summed E-state index contributed by atoms with van der Waals surface area (Å²) < 4.78 is 17.6. The van der Waals surface area contributed by atoms with Crippen LogP contribution in [-0.2, 0) is 20.8 Å². The third kappa shape index (κ3) is 6.50. The molecule has 1 unspecified atom stereocenters. The van der Waals surface area contributed by atoms with Gasteiger partial charge in [-0.1, -0.05) is 17.8 Å². The van der Waals surface area contributed by atoms with Gasteiger partial charge in [0, 0.05) is 6.54 Å². The monoisotopic (exact) mass is 546 g/mol. The molecule has 198 valence electrons. The summed E-state index contributed by atoms with van der Waals surface area (Å²) in [4.78, 5) is 37.4. The first-order valence-electron chi connectivity index (χ1n) is 11.5. The molecule has 2 aromatic heterocycles. The maximum atomic E-state index is 12.8. The van der Waals surface area contributed by atoms with Crippen LogP contribution in [0.4, 0.5) is 5.00 Å². The fraction of sp³-hybridized carbons (Fsp3) is 0.400. The second kappa shape index (κ2) is 12.2. The van der Waals surface area contributed by atoms with Crippen molar-refractivity contribution in [2.24, 2.45) is 0 Å². The van der Waals surface area contributed by atoms with Crippen molar-refractivity contribution >= 4 is 45.9 Å². The molecule has 0 aliphatic heterocycles. The van der Waals surface area contributed by atoms with Gasteiger partial charge >= 0.3 is 11.9 Å². The third-order valence-corrected chi connectivity index (χ3v) is 7.58. The van der Waals surface area contributed by atoms with Crippen LogP contribution in [-0.4, -0.2) is 52.6 Å². The van der Waals surface area contributed by atoms with Crippen molar-refractivity contribution in [3.8, 4) is 5.75 Å². The number of esters is 2. The number of carbonyl (C=O) groups is 3. The van der Waals surface area contributed by atoms with Gasteiger partial charge in [0.1, 0.15) is 15.6 Å². The number of aryl methyl sites for hydroxylation is 2. The highest BCUT2D eigenvalue weighted by molar-refractivity contribution is 7.99. The number of hydrogen-bond acceptors (Lipinski definition) is 10. The molecule has 0 fully saturated rings. The van der Waals surface area contributed by atoms with Gasteiger partial charge in [0.15, 0.2) is 17.1 Å². The number of rotatable bonds is 10. The maximum absolute atomic E-state index is 12.8. The molecule has 0 aliphatic rings. The van der Waals surface area contributed by atoms with Crippen LogP contribution >= 0.6 is 23.1 Å². The quantitative estimate of drug-likeness (QED) is 0.284.